The Morgan fingerprint density at radius 1 is 1.32 bits per heavy atom. The summed E-state index contributed by atoms with van der Waals surface area (Å²) in [6.45, 7) is 2.11. The van der Waals surface area contributed by atoms with Crippen LogP contribution in [0.2, 0.25) is 0 Å². The largest absolute Gasteiger partial charge is 0.416 e. The van der Waals surface area contributed by atoms with Crippen molar-refractivity contribution in [2.24, 2.45) is 0 Å². The number of nitrogens with one attached hydrogen (secondary N) is 1. The minimum atomic E-state index is -4.36. The Morgan fingerprint density at radius 2 is 2.00 bits per heavy atom. The number of hydrogen-bond donors (Lipinski definition) is 1. The van der Waals surface area contributed by atoms with Gasteiger partial charge >= 0.3 is 6.18 Å². The number of rotatable bonds is 5. The van der Waals surface area contributed by atoms with Crippen LogP contribution in [0, 0.1) is 0 Å². The predicted molar refractivity (Wildman–Crippen MR) is 72.6 cm³/mol. The predicted octanol–water partition coefficient (Wildman–Crippen LogP) is 2.56. The molecule has 0 radical (unpaired) electrons. The summed E-state index contributed by atoms with van der Waals surface area (Å²) in [6.07, 6.45) is -1.26. The van der Waals surface area contributed by atoms with E-state index in [0.29, 0.717) is 12.1 Å². The summed E-state index contributed by atoms with van der Waals surface area (Å²) in [5.74, 6) is -0.206. The summed E-state index contributed by atoms with van der Waals surface area (Å²) in [5, 5.41) is 6.61. The lowest BCUT2D eigenvalue weighted by Gasteiger charge is -2.15. The van der Waals surface area contributed by atoms with E-state index in [1.54, 1.807) is 6.92 Å². The second-order valence-corrected chi connectivity index (χ2v) is 4.82. The van der Waals surface area contributed by atoms with Crippen LogP contribution in [0.3, 0.4) is 0 Å². The van der Waals surface area contributed by atoms with Gasteiger partial charge in [0.2, 0.25) is 5.91 Å². The van der Waals surface area contributed by atoms with Crippen molar-refractivity contribution in [1.29, 1.82) is 0 Å². The van der Waals surface area contributed by atoms with Gasteiger partial charge < -0.3 is 5.32 Å². The maximum Gasteiger partial charge on any atom is 0.416 e. The molecule has 1 aromatic heterocycles. The molecule has 0 spiro atoms. The molecule has 22 heavy (non-hydrogen) atoms. The van der Waals surface area contributed by atoms with Gasteiger partial charge in [-0.25, -0.2) is 4.98 Å². The number of aromatic nitrogens is 3. The second-order valence-electron chi connectivity index (χ2n) is 4.82. The van der Waals surface area contributed by atoms with Gasteiger partial charge in [-0.05, 0) is 24.6 Å². The zero-order valence-corrected chi connectivity index (χ0v) is 11.8. The van der Waals surface area contributed by atoms with Gasteiger partial charge in [-0.3, -0.25) is 9.48 Å². The number of halogens is 3. The third-order valence-electron chi connectivity index (χ3n) is 3.15. The lowest BCUT2D eigenvalue weighted by atomic mass is 10.1. The molecule has 0 bridgehead atoms. The van der Waals surface area contributed by atoms with Crippen molar-refractivity contribution in [1.82, 2.24) is 20.1 Å². The van der Waals surface area contributed by atoms with E-state index in [1.807, 2.05) is 0 Å². The maximum absolute atomic E-state index is 12.5. The van der Waals surface area contributed by atoms with Crippen molar-refractivity contribution in [2.45, 2.75) is 32.1 Å². The minimum absolute atomic E-state index is 0.206. The molecular weight excluding hydrogens is 297 g/mol. The van der Waals surface area contributed by atoms with Crippen LogP contribution >= 0.6 is 0 Å². The molecule has 1 heterocycles. The molecule has 1 N–H and O–H groups in total. The summed E-state index contributed by atoms with van der Waals surface area (Å²) >= 11 is 0. The van der Waals surface area contributed by atoms with Gasteiger partial charge in [0.25, 0.3) is 0 Å². The molecule has 0 fully saturated rings. The highest BCUT2D eigenvalue weighted by molar-refractivity contribution is 5.76. The molecule has 2 aromatic rings. The van der Waals surface area contributed by atoms with Crippen LogP contribution in [0.25, 0.3) is 0 Å². The van der Waals surface area contributed by atoms with Crippen LogP contribution in [0.4, 0.5) is 13.2 Å². The molecule has 0 saturated heterocycles. The number of alkyl halides is 3. The standard InChI is InChI=1S/C14H15F3N4O/c1-10(11-2-4-12(5-3-11)14(15,16)17)20-13(22)6-7-21-9-18-8-19-21/h2-5,8-10H,6-7H2,1H3,(H,20,22)/t10-/m1/s1. The smallest absolute Gasteiger partial charge is 0.350 e. The monoisotopic (exact) mass is 312 g/mol. The van der Waals surface area contributed by atoms with E-state index in [4.69, 9.17) is 0 Å². The van der Waals surface area contributed by atoms with E-state index in [1.165, 1.54) is 29.5 Å². The number of hydrogen-bond acceptors (Lipinski definition) is 3. The lowest BCUT2D eigenvalue weighted by Crippen LogP contribution is -2.27. The second kappa shape index (κ2) is 6.59. The molecule has 1 aromatic carbocycles. The first-order valence-electron chi connectivity index (χ1n) is 6.65. The first-order chi connectivity index (χ1) is 10.4. The highest BCUT2D eigenvalue weighted by Crippen LogP contribution is 2.29. The molecule has 1 amide bonds. The van der Waals surface area contributed by atoms with Crippen LogP contribution in [-0.2, 0) is 17.5 Å². The van der Waals surface area contributed by atoms with Gasteiger partial charge in [-0.2, -0.15) is 18.3 Å². The Balaban J connectivity index is 1.88. The number of benzene rings is 1. The number of nitrogens with zero attached hydrogens (tertiary/aromatic N) is 3. The Hall–Kier alpha value is -2.38. The Morgan fingerprint density at radius 3 is 2.55 bits per heavy atom. The molecule has 0 unspecified atom stereocenters. The molecule has 2 rings (SSSR count). The fourth-order valence-electron chi connectivity index (χ4n) is 1.92. The minimum Gasteiger partial charge on any atom is -0.350 e. The lowest BCUT2D eigenvalue weighted by molar-refractivity contribution is -0.137. The van der Waals surface area contributed by atoms with E-state index in [0.717, 1.165) is 12.1 Å². The fraction of sp³-hybridized carbons (Fsp3) is 0.357. The average molecular weight is 312 g/mol. The van der Waals surface area contributed by atoms with Crippen molar-refractivity contribution in [3.05, 3.63) is 48.0 Å². The van der Waals surface area contributed by atoms with E-state index in [-0.39, 0.29) is 18.4 Å². The van der Waals surface area contributed by atoms with Crippen LogP contribution in [0.15, 0.2) is 36.9 Å². The summed E-state index contributed by atoms with van der Waals surface area (Å²) in [6, 6.07) is 4.38. The number of carbonyl (C=O) groups is 1. The van der Waals surface area contributed by atoms with Crippen molar-refractivity contribution in [3.8, 4) is 0 Å². The fourth-order valence-corrected chi connectivity index (χ4v) is 1.92. The molecule has 0 aliphatic rings. The van der Waals surface area contributed by atoms with Crippen molar-refractivity contribution in [2.75, 3.05) is 0 Å². The maximum atomic E-state index is 12.5. The summed E-state index contributed by atoms with van der Waals surface area (Å²) in [4.78, 5) is 15.6. The quantitative estimate of drug-likeness (QED) is 0.923. The summed E-state index contributed by atoms with van der Waals surface area (Å²) < 4.78 is 39.0. The molecule has 0 aliphatic carbocycles. The van der Waals surface area contributed by atoms with E-state index in [9.17, 15) is 18.0 Å². The molecule has 5 nitrogen and oxygen atoms in total. The van der Waals surface area contributed by atoms with Crippen LogP contribution in [0.1, 0.15) is 30.5 Å². The average Bonchev–Trinajstić information content (AvgIpc) is 2.97. The third kappa shape index (κ3) is 4.31. The number of aryl methyl sites for hydroxylation is 1. The van der Waals surface area contributed by atoms with Crippen LogP contribution < -0.4 is 5.32 Å². The van der Waals surface area contributed by atoms with Crippen molar-refractivity contribution < 1.29 is 18.0 Å². The van der Waals surface area contributed by atoms with Gasteiger partial charge in [-0.15, -0.1) is 0 Å². The zero-order chi connectivity index (χ0) is 16.2. The van der Waals surface area contributed by atoms with Gasteiger partial charge in [0.05, 0.1) is 18.2 Å². The summed E-state index contributed by atoms with van der Waals surface area (Å²) in [7, 11) is 0. The SMILES string of the molecule is C[C@@H](NC(=O)CCn1cncn1)c1ccc(C(F)(F)F)cc1. The normalized spacial score (nSPS) is 12.9. The number of amides is 1. The van der Waals surface area contributed by atoms with Crippen molar-refractivity contribution >= 4 is 5.91 Å². The van der Waals surface area contributed by atoms with Crippen LogP contribution in [-0.4, -0.2) is 20.7 Å². The molecule has 0 aliphatic heterocycles. The zero-order valence-electron chi connectivity index (χ0n) is 11.8. The Labute approximate surface area is 125 Å². The summed E-state index contributed by atoms with van der Waals surface area (Å²) in [5.41, 5.74) is -0.0944. The highest BCUT2D eigenvalue weighted by Gasteiger charge is 2.30. The van der Waals surface area contributed by atoms with E-state index < -0.39 is 11.7 Å². The number of carbonyl (C=O) groups excluding carboxylic acids is 1. The van der Waals surface area contributed by atoms with E-state index in [2.05, 4.69) is 15.4 Å². The molecule has 1 atom stereocenters. The Bertz CT molecular complexity index is 608. The van der Waals surface area contributed by atoms with Gasteiger partial charge in [-0.1, -0.05) is 12.1 Å². The van der Waals surface area contributed by atoms with Crippen molar-refractivity contribution in [3.63, 3.8) is 0 Å². The van der Waals surface area contributed by atoms with Gasteiger partial charge in [0.15, 0.2) is 0 Å². The third-order valence-corrected chi connectivity index (χ3v) is 3.15. The molecule has 0 saturated carbocycles. The van der Waals surface area contributed by atoms with Gasteiger partial charge in [0.1, 0.15) is 12.7 Å². The highest BCUT2D eigenvalue weighted by atomic mass is 19.4. The Kier molecular flexibility index (Phi) is 4.79. The van der Waals surface area contributed by atoms with E-state index >= 15 is 0 Å². The molecule has 8 heteroatoms. The van der Waals surface area contributed by atoms with Crippen LogP contribution in [0.5, 0.6) is 0 Å². The molecule has 118 valence electrons. The first-order valence-corrected chi connectivity index (χ1v) is 6.65. The molecular formula is C14H15F3N4O. The topological polar surface area (TPSA) is 59.8 Å². The van der Waals surface area contributed by atoms with Gasteiger partial charge in [0, 0.05) is 6.42 Å². The first kappa shape index (κ1) is 16.0.